The molecule has 4 heteroatoms. The number of ketones is 2. The second kappa shape index (κ2) is 5.71. The van der Waals surface area contributed by atoms with Gasteiger partial charge in [0, 0.05) is 0 Å². The molecule has 0 spiro atoms. The largest absolute Gasteiger partial charge is 1.00 e. The van der Waals surface area contributed by atoms with Crippen molar-refractivity contribution in [3.05, 3.63) is 24.3 Å². The van der Waals surface area contributed by atoms with Gasteiger partial charge in [-0.05, 0) is 24.3 Å². The molecule has 0 bridgehead atoms. The number of carbonyl (C=O) groups excluding carboxylic acids is 2. The van der Waals surface area contributed by atoms with E-state index in [0.717, 1.165) is 0 Å². The maximum atomic E-state index is 10.3. The number of allylic oxidation sites excluding steroid dienone is 4. The van der Waals surface area contributed by atoms with E-state index in [0.29, 0.717) is 0 Å². The second-order valence-corrected chi connectivity index (χ2v) is 1.47. The van der Waals surface area contributed by atoms with Crippen LogP contribution in [0.15, 0.2) is 24.3 Å². The van der Waals surface area contributed by atoms with Gasteiger partial charge in [0.1, 0.15) is 0 Å². The molecule has 0 heterocycles. The van der Waals surface area contributed by atoms with Gasteiger partial charge in [-0.15, -0.1) is 0 Å². The van der Waals surface area contributed by atoms with E-state index < -0.39 is 0 Å². The molecule has 0 aliphatic heterocycles. The first-order valence-electron chi connectivity index (χ1n) is 2.23. The second-order valence-electron chi connectivity index (χ2n) is 1.47. The van der Waals surface area contributed by atoms with Crippen molar-refractivity contribution >= 4 is 28.9 Å². The molecule has 0 atom stereocenters. The summed E-state index contributed by atoms with van der Waals surface area (Å²) in [7, 11) is 0. The van der Waals surface area contributed by atoms with Gasteiger partial charge >= 0.3 is 18.9 Å². The van der Waals surface area contributed by atoms with Crippen molar-refractivity contribution in [2.45, 2.75) is 0 Å². The summed E-state index contributed by atoms with van der Waals surface area (Å²) in [6.07, 6.45) is 5.01. The summed E-state index contributed by atoms with van der Waals surface area (Å²) in [6.45, 7) is 0. The minimum absolute atomic E-state index is 0. The molecule has 0 N–H and O–H groups in total. The standard InChI is InChI=1S/C6H4O2.Al.Li.4H/c7-5-1-2-6(8)4-3-5;;;;;;/h1-4H;;;;;;/q;;+1;;;;-1. The van der Waals surface area contributed by atoms with Gasteiger partial charge in [-0.1, -0.05) is 0 Å². The molecule has 0 fully saturated rings. The van der Waals surface area contributed by atoms with Crippen LogP contribution in [0.2, 0.25) is 0 Å². The summed E-state index contributed by atoms with van der Waals surface area (Å²) in [5.74, 6) is -0.241. The molecule has 0 saturated carbocycles. The zero-order chi connectivity index (χ0) is 5.98. The third-order valence-electron chi connectivity index (χ3n) is 0.824. The first-order valence-corrected chi connectivity index (χ1v) is 2.23. The third-order valence-corrected chi connectivity index (χ3v) is 0.824. The van der Waals surface area contributed by atoms with Crippen LogP contribution in [0.3, 0.4) is 0 Å². The molecule has 0 unspecified atom stereocenters. The van der Waals surface area contributed by atoms with Crippen molar-refractivity contribution in [3.63, 3.8) is 0 Å². The Bertz CT molecular complexity index is 163. The third kappa shape index (κ3) is 3.88. The molecule has 0 amide bonds. The summed E-state index contributed by atoms with van der Waals surface area (Å²) >= 11 is 0. The SMILES string of the molecule is O=C1C=CC(=O)C=C1.[AlH3].[H-].[Li+]. The molecule has 0 saturated heterocycles. The molecule has 0 aromatic carbocycles. The Labute approximate surface area is 83.2 Å². The Morgan fingerprint density at radius 3 is 1.30 bits per heavy atom. The van der Waals surface area contributed by atoms with Crippen molar-refractivity contribution in [2.75, 3.05) is 0 Å². The van der Waals surface area contributed by atoms with Gasteiger partial charge < -0.3 is 1.43 Å². The van der Waals surface area contributed by atoms with Gasteiger partial charge in [0.2, 0.25) is 0 Å². The van der Waals surface area contributed by atoms with Crippen LogP contribution in [0.25, 0.3) is 0 Å². The Hall–Kier alpha value is -0.0501. The van der Waals surface area contributed by atoms with E-state index in [2.05, 4.69) is 0 Å². The van der Waals surface area contributed by atoms with E-state index in [1.165, 1.54) is 24.3 Å². The first kappa shape index (κ1) is 12.6. The Morgan fingerprint density at radius 2 is 1.10 bits per heavy atom. The Kier molecular flexibility index (Phi) is 7.20. The molecule has 1 rings (SSSR count). The molecule has 2 nitrogen and oxygen atoms in total. The van der Waals surface area contributed by atoms with Crippen LogP contribution < -0.4 is 18.9 Å². The number of carbonyl (C=O) groups is 2. The molecule has 0 radical (unpaired) electrons. The van der Waals surface area contributed by atoms with Gasteiger partial charge in [-0.3, -0.25) is 9.59 Å². The monoisotopic (exact) mass is 146 g/mol. The van der Waals surface area contributed by atoms with E-state index in [-0.39, 0.29) is 49.2 Å². The summed E-state index contributed by atoms with van der Waals surface area (Å²) < 4.78 is 0. The molecular weight excluding hydrogens is 138 g/mol. The Balaban J connectivity index is -0.000000213. The normalized spacial score (nSPS) is 14.0. The minimum Gasteiger partial charge on any atom is -1.00 e. The summed E-state index contributed by atoms with van der Waals surface area (Å²) in [5, 5.41) is 0. The minimum atomic E-state index is -0.121. The van der Waals surface area contributed by atoms with E-state index >= 15 is 0 Å². The molecule has 0 aromatic heterocycles. The van der Waals surface area contributed by atoms with E-state index in [4.69, 9.17) is 0 Å². The quantitative estimate of drug-likeness (QED) is 0.259. The van der Waals surface area contributed by atoms with Crippen LogP contribution in [0.1, 0.15) is 1.43 Å². The van der Waals surface area contributed by atoms with Crippen LogP contribution in [0.5, 0.6) is 0 Å². The maximum Gasteiger partial charge on any atom is 1.00 e. The average Bonchev–Trinajstić information content (AvgIpc) is 1.77. The zero-order valence-corrected chi connectivity index (χ0v) is 5.13. The van der Waals surface area contributed by atoms with Gasteiger partial charge in [-0.25, -0.2) is 0 Å². The van der Waals surface area contributed by atoms with Gasteiger partial charge in [0.05, 0.1) is 0 Å². The van der Waals surface area contributed by atoms with Gasteiger partial charge in [0.15, 0.2) is 28.9 Å². The fourth-order valence-electron chi connectivity index (χ4n) is 0.440. The summed E-state index contributed by atoms with van der Waals surface area (Å²) in [6, 6.07) is 0. The fourth-order valence-corrected chi connectivity index (χ4v) is 0.440. The molecule has 1 aliphatic rings. The molecule has 48 valence electrons. The van der Waals surface area contributed by atoms with Crippen LogP contribution in [0, 0.1) is 0 Å². The van der Waals surface area contributed by atoms with Gasteiger partial charge in [0.25, 0.3) is 0 Å². The number of rotatable bonds is 0. The van der Waals surface area contributed by atoms with E-state index in [9.17, 15) is 9.59 Å². The van der Waals surface area contributed by atoms with Crippen LogP contribution >= 0.6 is 0 Å². The number of hydrogen-bond acceptors (Lipinski definition) is 2. The zero-order valence-electron chi connectivity index (χ0n) is 6.13. The van der Waals surface area contributed by atoms with Crippen LogP contribution in [-0.2, 0) is 9.59 Å². The fraction of sp³-hybridized carbons (Fsp3) is 0. The predicted molar refractivity (Wildman–Crippen MR) is 39.3 cm³/mol. The molecular formula is C6H8AlLiO2. The average molecular weight is 146 g/mol. The predicted octanol–water partition coefficient (Wildman–Crippen LogP) is -3.82. The van der Waals surface area contributed by atoms with Crippen molar-refractivity contribution in [2.24, 2.45) is 0 Å². The van der Waals surface area contributed by atoms with Crippen LogP contribution in [-0.4, -0.2) is 28.9 Å². The van der Waals surface area contributed by atoms with Crippen molar-refractivity contribution in [1.29, 1.82) is 0 Å². The smallest absolute Gasteiger partial charge is 1.00 e. The summed E-state index contributed by atoms with van der Waals surface area (Å²) in [4.78, 5) is 20.6. The van der Waals surface area contributed by atoms with E-state index in [1.54, 1.807) is 0 Å². The molecule has 1 aliphatic carbocycles. The number of hydrogen-bond donors (Lipinski definition) is 0. The van der Waals surface area contributed by atoms with E-state index in [1.807, 2.05) is 0 Å². The first-order chi connectivity index (χ1) is 3.79. The van der Waals surface area contributed by atoms with Crippen molar-refractivity contribution in [3.8, 4) is 0 Å². The molecule has 10 heavy (non-hydrogen) atoms. The topological polar surface area (TPSA) is 34.1 Å². The Morgan fingerprint density at radius 1 is 0.900 bits per heavy atom. The molecule has 0 aromatic rings. The van der Waals surface area contributed by atoms with Crippen molar-refractivity contribution < 1.29 is 29.9 Å². The van der Waals surface area contributed by atoms with Crippen molar-refractivity contribution in [1.82, 2.24) is 0 Å². The van der Waals surface area contributed by atoms with Crippen LogP contribution in [0.4, 0.5) is 0 Å². The van der Waals surface area contributed by atoms with Gasteiger partial charge in [-0.2, -0.15) is 0 Å². The maximum absolute atomic E-state index is 10.3. The summed E-state index contributed by atoms with van der Waals surface area (Å²) in [5.41, 5.74) is 0.